The number of hydrogen-bond acceptors (Lipinski definition) is 5. The smallest absolute Gasteiger partial charge is 0.289 e. The Morgan fingerprint density at radius 2 is 1.71 bits per heavy atom. The van der Waals surface area contributed by atoms with Crippen molar-refractivity contribution in [2.24, 2.45) is 0 Å². The zero-order valence-electron chi connectivity index (χ0n) is 13.3. The van der Waals surface area contributed by atoms with Gasteiger partial charge in [-0.15, -0.1) is 0 Å². The lowest BCUT2D eigenvalue weighted by Gasteiger charge is -2.19. The van der Waals surface area contributed by atoms with Gasteiger partial charge in [0.15, 0.2) is 4.90 Å². The quantitative estimate of drug-likeness (QED) is 0.449. The minimum absolute atomic E-state index is 0.200. The topological polar surface area (TPSA) is 92.6 Å². The van der Waals surface area contributed by atoms with Gasteiger partial charge in [0.2, 0.25) is 10.0 Å². The summed E-state index contributed by atoms with van der Waals surface area (Å²) in [6.45, 7) is 0.856. The van der Waals surface area contributed by atoms with Gasteiger partial charge in [-0.25, -0.2) is 13.1 Å². The number of para-hydroxylation sites is 2. The molecule has 0 bridgehead atoms. The van der Waals surface area contributed by atoms with Crippen molar-refractivity contribution in [3.8, 4) is 0 Å². The van der Waals surface area contributed by atoms with Crippen LogP contribution in [0.15, 0.2) is 59.5 Å². The Bertz CT molecular complexity index is 794. The van der Waals surface area contributed by atoms with E-state index in [4.69, 9.17) is 0 Å². The van der Waals surface area contributed by atoms with Crippen LogP contribution >= 0.6 is 0 Å². The Balaban J connectivity index is 1.93. The normalized spacial score (nSPS) is 11.2. The van der Waals surface area contributed by atoms with Gasteiger partial charge in [-0.2, -0.15) is 0 Å². The maximum atomic E-state index is 12.2. The SMILES string of the molecule is CN(CCCNS(=O)(=O)c1ccccc1[N+](=O)[O-])c1ccccc1. The zero-order chi connectivity index (χ0) is 17.6. The van der Waals surface area contributed by atoms with E-state index in [0.717, 1.165) is 5.69 Å². The number of nitro groups is 1. The Hall–Kier alpha value is -2.45. The molecule has 0 aliphatic rings. The molecule has 24 heavy (non-hydrogen) atoms. The largest absolute Gasteiger partial charge is 0.375 e. The molecule has 0 aliphatic carbocycles. The molecule has 7 nitrogen and oxygen atoms in total. The molecule has 0 atom stereocenters. The van der Waals surface area contributed by atoms with E-state index in [9.17, 15) is 18.5 Å². The van der Waals surface area contributed by atoms with Gasteiger partial charge >= 0.3 is 0 Å². The molecule has 2 rings (SSSR count). The van der Waals surface area contributed by atoms with Gasteiger partial charge < -0.3 is 4.90 Å². The molecular weight excluding hydrogens is 330 g/mol. The summed E-state index contributed by atoms with van der Waals surface area (Å²) in [7, 11) is -1.99. The highest BCUT2D eigenvalue weighted by atomic mass is 32.2. The van der Waals surface area contributed by atoms with Crippen LogP contribution in [0.4, 0.5) is 11.4 Å². The lowest BCUT2D eigenvalue weighted by atomic mass is 10.3. The van der Waals surface area contributed by atoms with Crippen molar-refractivity contribution in [2.45, 2.75) is 11.3 Å². The first-order valence-electron chi connectivity index (χ1n) is 7.41. The summed E-state index contributed by atoms with van der Waals surface area (Å²) in [6, 6.07) is 15.0. The van der Waals surface area contributed by atoms with Crippen LogP contribution in [0.25, 0.3) is 0 Å². The molecule has 1 N–H and O–H groups in total. The van der Waals surface area contributed by atoms with Gasteiger partial charge in [0, 0.05) is 31.9 Å². The number of nitrogens with one attached hydrogen (secondary N) is 1. The third-order valence-corrected chi connectivity index (χ3v) is 5.02. The molecule has 0 saturated heterocycles. The van der Waals surface area contributed by atoms with E-state index in [1.165, 1.54) is 24.3 Å². The fraction of sp³-hybridized carbons (Fsp3) is 0.250. The van der Waals surface area contributed by atoms with E-state index in [2.05, 4.69) is 4.72 Å². The first-order valence-corrected chi connectivity index (χ1v) is 8.89. The third-order valence-electron chi connectivity index (χ3n) is 3.51. The van der Waals surface area contributed by atoms with Gasteiger partial charge in [-0.1, -0.05) is 30.3 Å². The monoisotopic (exact) mass is 349 g/mol. The van der Waals surface area contributed by atoms with Crippen molar-refractivity contribution < 1.29 is 13.3 Å². The molecule has 2 aromatic rings. The van der Waals surface area contributed by atoms with Gasteiger partial charge in [0.05, 0.1) is 4.92 Å². The van der Waals surface area contributed by atoms with Gasteiger partial charge in [-0.05, 0) is 24.6 Å². The van der Waals surface area contributed by atoms with E-state index in [1.54, 1.807) is 0 Å². The number of anilines is 1. The van der Waals surface area contributed by atoms with Crippen LogP contribution in [0.3, 0.4) is 0 Å². The molecule has 0 radical (unpaired) electrons. The number of rotatable bonds is 8. The van der Waals surface area contributed by atoms with Crippen molar-refractivity contribution in [2.75, 3.05) is 25.0 Å². The fourth-order valence-corrected chi connectivity index (χ4v) is 3.49. The second kappa shape index (κ2) is 7.89. The Kier molecular flexibility index (Phi) is 5.88. The maximum absolute atomic E-state index is 12.2. The molecule has 8 heteroatoms. The van der Waals surface area contributed by atoms with Crippen LogP contribution in [0.1, 0.15) is 6.42 Å². The molecule has 0 spiro atoms. The number of nitro benzene ring substituents is 1. The van der Waals surface area contributed by atoms with Crippen molar-refractivity contribution in [3.05, 3.63) is 64.7 Å². The van der Waals surface area contributed by atoms with E-state index in [-0.39, 0.29) is 11.4 Å². The molecule has 0 unspecified atom stereocenters. The molecule has 0 aliphatic heterocycles. The summed E-state index contributed by atoms with van der Waals surface area (Å²) >= 11 is 0. The molecule has 0 saturated carbocycles. The zero-order valence-corrected chi connectivity index (χ0v) is 14.1. The average molecular weight is 349 g/mol. The third kappa shape index (κ3) is 4.53. The molecule has 2 aromatic carbocycles. The van der Waals surface area contributed by atoms with Crippen molar-refractivity contribution in [1.82, 2.24) is 4.72 Å². The first kappa shape index (κ1) is 17.9. The summed E-state index contributed by atoms with van der Waals surface area (Å²) in [5.41, 5.74) is 0.616. The minimum Gasteiger partial charge on any atom is -0.375 e. The Morgan fingerprint density at radius 1 is 1.08 bits per heavy atom. The fourth-order valence-electron chi connectivity index (χ4n) is 2.25. The number of hydrogen-bond donors (Lipinski definition) is 1. The number of sulfonamides is 1. The Labute approximate surface area is 141 Å². The van der Waals surface area contributed by atoms with Crippen molar-refractivity contribution >= 4 is 21.4 Å². The number of nitrogens with zero attached hydrogens (tertiary/aromatic N) is 2. The van der Waals surface area contributed by atoms with Gasteiger partial charge in [0.25, 0.3) is 5.69 Å². The van der Waals surface area contributed by atoms with E-state index in [1.807, 2.05) is 42.3 Å². The van der Waals surface area contributed by atoms with Crippen molar-refractivity contribution in [1.29, 1.82) is 0 Å². The first-order chi connectivity index (χ1) is 11.4. The predicted molar refractivity (Wildman–Crippen MR) is 92.6 cm³/mol. The summed E-state index contributed by atoms with van der Waals surface area (Å²) in [5.74, 6) is 0. The Morgan fingerprint density at radius 3 is 2.38 bits per heavy atom. The second-order valence-electron chi connectivity index (χ2n) is 5.23. The highest BCUT2D eigenvalue weighted by molar-refractivity contribution is 7.89. The standard InChI is InChI=1S/C16H19N3O4S/c1-18(14-8-3-2-4-9-14)13-7-12-17-24(22,23)16-11-6-5-10-15(16)19(20)21/h2-6,8-11,17H,7,12-13H2,1H3. The van der Waals surface area contributed by atoms with Gasteiger partial charge in [-0.3, -0.25) is 10.1 Å². The maximum Gasteiger partial charge on any atom is 0.289 e. The average Bonchev–Trinajstić information content (AvgIpc) is 2.59. The highest BCUT2D eigenvalue weighted by Gasteiger charge is 2.24. The number of benzene rings is 2. The van der Waals surface area contributed by atoms with E-state index < -0.39 is 20.6 Å². The summed E-state index contributed by atoms with van der Waals surface area (Å²) in [5, 5.41) is 11.0. The lowest BCUT2D eigenvalue weighted by molar-refractivity contribution is -0.387. The van der Waals surface area contributed by atoms with E-state index in [0.29, 0.717) is 13.0 Å². The van der Waals surface area contributed by atoms with Crippen LogP contribution in [0, 0.1) is 10.1 Å². The highest BCUT2D eigenvalue weighted by Crippen LogP contribution is 2.22. The molecule has 0 amide bonds. The van der Waals surface area contributed by atoms with Crippen LogP contribution in [-0.2, 0) is 10.0 Å². The van der Waals surface area contributed by atoms with E-state index >= 15 is 0 Å². The molecular formula is C16H19N3O4S. The van der Waals surface area contributed by atoms with Crippen LogP contribution < -0.4 is 9.62 Å². The molecule has 128 valence electrons. The molecule has 0 heterocycles. The summed E-state index contributed by atoms with van der Waals surface area (Å²) in [6.07, 6.45) is 0.575. The summed E-state index contributed by atoms with van der Waals surface area (Å²) < 4.78 is 26.9. The van der Waals surface area contributed by atoms with Crippen LogP contribution in [0.5, 0.6) is 0 Å². The second-order valence-corrected chi connectivity index (χ2v) is 6.97. The minimum atomic E-state index is -3.91. The van der Waals surface area contributed by atoms with Crippen molar-refractivity contribution in [3.63, 3.8) is 0 Å². The molecule has 0 fully saturated rings. The predicted octanol–water partition coefficient (Wildman–Crippen LogP) is 2.40. The van der Waals surface area contributed by atoms with Crippen LogP contribution in [-0.4, -0.2) is 33.5 Å². The summed E-state index contributed by atoms with van der Waals surface area (Å²) in [4.78, 5) is 12.0. The lowest BCUT2D eigenvalue weighted by Crippen LogP contribution is -2.28. The van der Waals surface area contributed by atoms with Gasteiger partial charge in [0.1, 0.15) is 0 Å². The van der Waals surface area contributed by atoms with Crippen LogP contribution in [0.2, 0.25) is 0 Å². The molecule has 0 aromatic heterocycles.